The molecule has 0 aliphatic carbocycles. The van der Waals surface area contributed by atoms with E-state index in [2.05, 4.69) is 10.4 Å². The lowest BCUT2D eigenvalue weighted by atomic mass is 10.1. The Kier molecular flexibility index (Phi) is 1.60. The van der Waals surface area contributed by atoms with Crippen LogP contribution in [0.15, 0.2) is 6.20 Å². The first-order valence-corrected chi connectivity index (χ1v) is 4.08. The van der Waals surface area contributed by atoms with E-state index in [-0.39, 0.29) is 5.78 Å². The first kappa shape index (κ1) is 7.34. The molecule has 12 heavy (non-hydrogen) atoms. The topological polar surface area (TPSA) is 46.9 Å². The summed E-state index contributed by atoms with van der Waals surface area (Å²) in [6.07, 6.45) is 3.31. The van der Waals surface area contributed by atoms with Crippen LogP contribution in [0, 0.1) is 0 Å². The Balaban J connectivity index is 2.44. The second-order valence-corrected chi connectivity index (χ2v) is 3.02. The van der Waals surface area contributed by atoms with Crippen molar-refractivity contribution >= 4 is 11.6 Å². The smallest absolute Gasteiger partial charge is 0.168 e. The first-order chi connectivity index (χ1) is 5.77. The zero-order chi connectivity index (χ0) is 8.55. The molecule has 0 atom stereocenters. The molecule has 4 nitrogen and oxygen atoms in total. The summed E-state index contributed by atoms with van der Waals surface area (Å²) in [5.74, 6) is 0.933. The second kappa shape index (κ2) is 2.62. The van der Waals surface area contributed by atoms with E-state index >= 15 is 0 Å². The van der Waals surface area contributed by atoms with E-state index < -0.39 is 0 Å². The van der Waals surface area contributed by atoms with Crippen molar-refractivity contribution in [2.45, 2.75) is 12.8 Å². The number of ketones is 1. The van der Waals surface area contributed by atoms with Crippen LogP contribution in [-0.4, -0.2) is 22.1 Å². The molecule has 0 saturated carbocycles. The van der Waals surface area contributed by atoms with Crippen molar-refractivity contribution in [1.82, 2.24) is 9.78 Å². The molecule has 1 aliphatic heterocycles. The summed E-state index contributed by atoms with van der Waals surface area (Å²) >= 11 is 0. The summed E-state index contributed by atoms with van der Waals surface area (Å²) < 4.78 is 1.67. The van der Waals surface area contributed by atoms with Gasteiger partial charge in [-0.15, -0.1) is 0 Å². The summed E-state index contributed by atoms with van der Waals surface area (Å²) in [6.45, 7) is 0.843. The number of nitrogens with one attached hydrogen (secondary N) is 1. The minimum atomic E-state index is 0.197. The van der Waals surface area contributed by atoms with Gasteiger partial charge in [0, 0.05) is 26.2 Å². The van der Waals surface area contributed by atoms with Crippen molar-refractivity contribution in [3.63, 3.8) is 0 Å². The highest BCUT2D eigenvalue weighted by atomic mass is 16.1. The maximum absolute atomic E-state index is 11.4. The number of nitrogens with zero attached hydrogens (tertiary/aromatic N) is 2. The lowest BCUT2D eigenvalue weighted by Crippen LogP contribution is -2.00. The van der Waals surface area contributed by atoms with Gasteiger partial charge in [0.25, 0.3) is 0 Å². The van der Waals surface area contributed by atoms with Gasteiger partial charge >= 0.3 is 0 Å². The number of carbonyl (C=O) groups is 1. The Labute approximate surface area is 70.6 Å². The third kappa shape index (κ3) is 1.09. The quantitative estimate of drug-likeness (QED) is 0.618. The number of carbonyl (C=O) groups excluding carboxylic acids is 1. The molecule has 0 saturated heterocycles. The van der Waals surface area contributed by atoms with Crippen molar-refractivity contribution in [2.24, 2.45) is 7.05 Å². The largest absolute Gasteiger partial charge is 0.368 e. The third-order valence-corrected chi connectivity index (χ3v) is 2.00. The molecule has 0 unspecified atom stereocenters. The van der Waals surface area contributed by atoms with E-state index in [9.17, 15) is 4.79 Å². The molecule has 4 heteroatoms. The van der Waals surface area contributed by atoms with Gasteiger partial charge in [-0.1, -0.05) is 0 Å². The summed E-state index contributed by atoms with van der Waals surface area (Å²) in [5.41, 5.74) is 0.731. The fourth-order valence-electron chi connectivity index (χ4n) is 1.41. The van der Waals surface area contributed by atoms with Crippen molar-refractivity contribution in [3.8, 4) is 0 Å². The van der Waals surface area contributed by atoms with Crippen LogP contribution >= 0.6 is 0 Å². The molecule has 0 aromatic carbocycles. The van der Waals surface area contributed by atoms with Gasteiger partial charge in [0.2, 0.25) is 0 Å². The zero-order valence-corrected chi connectivity index (χ0v) is 7.00. The van der Waals surface area contributed by atoms with Crippen LogP contribution in [0.25, 0.3) is 0 Å². The fourth-order valence-corrected chi connectivity index (χ4v) is 1.41. The number of Topliss-reactive ketones (excluding diaryl/α,β-unsaturated/α-hetero) is 1. The molecular weight excluding hydrogens is 154 g/mol. The minimum Gasteiger partial charge on any atom is -0.368 e. The van der Waals surface area contributed by atoms with E-state index in [4.69, 9.17) is 0 Å². The molecule has 0 radical (unpaired) electrons. The standard InChI is InChI=1S/C8H11N3O/c1-11-5-6-7(12)3-2-4-9-8(6)10-11/h5H,2-4H2,1H3,(H,9,10). The van der Waals surface area contributed by atoms with Crippen LogP contribution in [0.4, 0.5) is 5.82 Å². The van der Waals surface area contributed by atoms with Gasteiger partial charge < -0.3 is 5.32 Å². The highest BCUT2D eigenvalue weighted by molar-refractivity contribution is 6.00. The number of fused-ring (bicyclic) bond motifs is 1. The molecule has 0 bridgehead atoms. The van der Waals surface area contributed by atoms with Gasteiger partial charge in [0.1, 0.15) is 0 Å². The number of rotatable bonds is 0. The van der Waals surface area contributed by atoms with Crippen molar-refractivity contribution in [3.05, 3.63) is 11.8 Å². The summed E-state index contributed by atoms with van der Waals surface area (Å²) in [7, 11) is 1.82. The van der Waals surface area contributed by atoms with Gasteiger partial charge in [0.15, 0.2) is 11.6 Å². The Morgan fingerprint density at radius 2 is 2.50 bits per heavy atom. The number of hydrogen-bond acceptors (Lipinski definition) is 3. The summed E-state index contributed by atoms with van der Waals surface area (Å²) in [5, 5.41) is 7.27. The van der Waals surface area contributed by atoms with E-state index in [1.165, 1.54) is 0 Å². The lowest BCUT2D eigenvalue weighted by Gasteiger charge is -1.96. The van der Waals surface area contributed by atoms with Gasteiger partial charge in [-0.2, -0.15) is 5.10 Å². The number of aromatic nitrogens is 2. The maximum Gasteiger partial charge on any atom is 0.168 e. The molecule has 1 aromatic heterocycles. The van der Waals surface area contributed by atoms with E-state index in [1.54, 1.807) is 10.9 Å². The number of anilines is 1. The number of hydrogen-bond donors (Lipinski definition) is 1. The fraction of sp³-hybridized carbons (Fsp3) is 0.500. The number of aryl methyl sites for hydroxylation is 1. The van der Waals surface area contributed by atoms with E-state index in [1.807, 2.05) is 7.05 Å². The van der Waals surface area contributed by atoms with Crippen LogP contribution in [0.3, 0.4) is 0 Å². The maximum atomic E-state index is 11.4. The predicted molar refractivity (Wildman–Crippen MR) is 45.3 cm³/mol. The second-order valence-electron chi connectivity index (χ2n) is 3.02. The Bertz CT molecular complexity index is 316. The highest BCUT2D eigenvalue weighted by Crippen LogP contribution is 2.18. The minimum absolute atomic E-state index is 0.197. The van der Waals surface area contributed by atoms with Crippen LogP contribution in [0.1, 0.15) is 23.2 Å². The summed E-state index contributed by atoms with van der Waals surface area (Å²) in [6, 6.07) is 0. The van der Waals surface area contributed by atoms with Gasteiger partial charge in [-0.05, 0) is 6.42 Å². The molecule has 1 aliphatic rings. The van der Waals surface area contributed by atoms with E-state index in [0.717, 1.165) is 24.3 Å². The van der Waals surface area contributed by atoms with Crippen LogP contribution < -0.4 is 5.32 Å². The molecule has 0 amide bonds. The average Bonchev–Trinajstić information content (AvgIpc) is 2.33. The molecule has 0 spiro atoms. The van der Waals surface area contributed by atoms with Crippen molar-refractivity contribution in [2.75, 3.05) is 11.9 Å². The molecule has 0 fully saturated rings. The SMILES string of the molecule is Cn1cc2c(n1)NCCCC2=O. The monoisotopic (exact) mass is 165 g/mol. The van der Waals surface area contributed by atoms with Gasteiger partial charge in [-0.25, -0.2) is 0 Å². The lowest BCUT2D eigenvalue weighted by molar-refractivity contribution is 0.0983. The predicted octanol–water partition coefficient (Wildman–Crippen LogP) is 0.808. The van der Waals surface area contributed by atoms with Crippen LogP contribution in [-0.2, 0) is 7.05 Å². The third-order valence-electron chi connectivity index (χ3n) is 2.00. The zero-order valence-electron chi connectivity index (χ0n) is 7.00. The first-order valence-electron chi connectivity index (χ1n) is 4.08. The molecule has 1 aromatic rings. The van der Waals surface area contributed by atoms with Crippen LogP contribution in [0.5, 0.6) is 0 Å². The summed E-state index contributed by atoms with van der Waals surface area (Å²) in [4.78, 5) is 11.4. The normalized spacial score (nSPS) is 16.6. The van der Waals surface area contributed by atoms with Crippen molar-refractivity contribution in [1.29, 1.82) is 0 Å². The molecule has 2 rings (SSSR count). The molecule has 64 valence electrons. The highest BCUT2D eigenvalue weighted by Gasteiger charge is 2.17. The molecule has 1 N–H and O–H groups in total. The molecular formula is C8H11N3O. The van der Waals surface area contributed by atoms with Crippen LogP contribution in [0.2, 0.25) is 0 Å². The molecule has 2 heterocycles. The Morgan fingerprint density at radius 1 is 1.67 bits per heavy atom. The Morgan fingerprint density at radius 3 is 3.33 bits per heavy atom. The average molecular weight is 165 g/mol. The van der Waals surface area contributed by atoms with E-state index in [0.29, 0.717) is 6.42 Å². The Hall–Kier alpha value is -1.32. The van der Waals surface area contributed by atoms with Crippen molar-refractivity contribution < 1.29 is 4.79 Å². The van der Waals surface area contributed by atoms with Gasteiger partial charge in [0.05, 0.1) is 5.56 Å². The van der Waals surface area contributed by atoms with Gasteiger partial charge in [-0.3, -0.25) is 9.48 Å².